The quantitative estimate of drug-likeness (QED) is 0.739. The molecule has 1 aliphatic rings. The minimum atomic E-state index is 0.852. The maximum absolute atomic E-state index is 5.38. The standard InChI is InChI=1S/C12H16INO/c1-9-7-11(13)8-10(2)12(9)14-3-5-15-6-4-14/h7-8H,3-6H2,1-2H3. The van der Waals surface area contributed by atoms with Gasteiger partial charge in [0.2, 0.25) is 0 Å². The number of hydrogen-bond donors (Lipinski definition) is 0. The number of nitrogens with zero attached hydrogens (tertiary/aromatic N) is 1. The minimum Gasteiger partial charge on any atom is -0.378 e. The van der Waals surface area contributed by atoms with Crippen molar-refractivity contribution in [1.82, 2.24) is 0 Å². The zero-order chi connectivity index (χ0) is 10.8. The molecule has 15 heavy (non-hydrogen) atoms. The van der Waals surface area contributed by atoms with Gasteiger partial charge < -0.3 is 9.64 Å². The van der Waals surface area contributed by atoms with Gasteiger partial charge in [0.1, 0.15) is 0 Å². The summed E-state index contributed by atoms with van der Waals surface area (Å²) in [7, 11) is 0. The number of halogens is 1. The van der Waals surface area contributed by atoms with Crippen molar-refractivity contribution in [2.24, 2.45) is 0 Å². The lowest BCUT2D eigenvalue weighted by atomic mass is 10.1. The zero-order valence-electron chi connectivity index (χ0n) is 9.22. The predicted molar refractivity (Wildman–Crippen MR) is 71.7 cm³/mol. The Labute approximate surface area is 105 Å². The van der Waals surface area contributed by atoms with Crippen molar-refractivity contribution in [2.45, 2.75) is 13.8 Å². The summed E-state index contributed by atoms with van der Waals surface area (Å²) in [6.45, 7) is 8.13. The average Bonchev–Trinajstić information content (AvgIpc) is 2.17. The first-order chi connectivity index (χ1) is 7.18. The largest absolute Gasteiger partial charge is 0.378 e. The van der Waals surface area contributed by atoms with Crippen molar-refractivity contribution in [3.05, 3.63) is 26.8 Å². The van der Waals surface area contributed by atoms with Crippen LogP contribution >= 0.6 is 22.6 Å². The Kier molecular flexibility index (Phi) is 3.51. The summed E-state index contributed by atoms with van der Waals surface area (Å²) in [5.41, 5.74) is 4.15. The topological polar surface area (TPSA) is 12.5 Å². The van der Waals surface area contributed by atoms with Crippen molar-refractivity contribution in [3.8, 4) is 0 Å². The second kappa shape index (κ2) is 4.70. The lowest BCUT2D eigenvalue weighted by Gasteiger charge is -2.31. The van der Waals surface area contributed by atoms with Crippen LogP contribution in [0.15, 0.2) is 12.1 Å². The molecule has 0 unspecified atom stereocenters. The third-order valence-corrected chi connectivity index (χ3v) is 3.41. The fourth-order valence-electron chi connectivity index (χ4n) is 2.19. The third-order valence-electron chi connectivity index (χ3n) is 2.78. The number of morpholine rings is 1. The number of benzene rings is 1. The van der Waals surface area contributed by atoms with Gasteiger partial charge in [-0.25, -0.2) is 0 Å². The number of aryl methyl sites for hydroxylation is 2. The van der Waals surface area contributed by atoms with Gasteiger partial charge in [-0.15, -0.1) is 0 Å². The summed E-state index contributed by atoms with van der Waals surface area (Å²) < 4.78 is 6.70. The Morgan fingerprint density at radius 3 is 2.20 bits per heavy atom. The zero-order valence-corrected chi connectivity index (χ0v) is 11.4. The van der Waals surface area contributed by atoms with E-state index in [2.05, 4.69) is 53.5 Å². The second-order valence-electron chi connectivity index (χ2n) is 3.99. The molecule has 2 nitrogen and oxygen atoms in total. The first-order valence-corrected chi connectivity index (χ1v) is 6.36. The third kappa shape index (κ3) is 2.45. The molecule has 0 bridgehead atoms. The van der Waals surface area contributed by atoms with Gasteiger partial charge in [-0.05, 0) is 59.7 Å². The van der Waals surface area contributed by atoms with Crippen molar-refractivity contribution in [1.29, 1.82) is 0 Å². The molecule has 0 N–H and O–H groups in total. The van der Waals surface area contributed by atoms with E-state index in [1.54, 1.807) is 0 Å². The van der Waals surface area contributed by atoms with E-state index in [9.17, 15) is 0 Å². The first-order valence-electron chi connectivity index (χ1n) is 5.28. The maximum atomic E-state index is 5.38. The molecule has 2 rings (SSSR count). The van der Waals surface area contributed by atoms with E-state index in [4.69, 9.17) is 4.74 Å². The van der Waals surface area contributed by atoms with Gasteiger partial charge in [-0.3, -0.25) is 0 Å². The highest BCUT2D eigenvalue weighted by Gasteiger charge is 2.15. The van der Waals surface area contributed by atoms with Crippen molar-refractivity contribution < 1.29 is 4.74 Å². The lowest BCUT2D eigenvalue weighted by Crippen LogP contribution is -2.37. The van der Waals surface area contributed by atoms with E-state index in [1.807, 2.05) is 0 Å². The summed E-state index contributed by atoms with van der Waals surface area (Å²) in [6.07, 6.45) is 0. The van der Waals surface area contributed by atoms with Crippen molar-refractivity contribution in [2.75, 3.05) is 31.2 Å². The summed E-state index contributed by atoms with van der Waals surface area (Å²) in [5, 5.41) is 0. The Balaban J connectivity index is 2.33. The van der Waals surface area contributed by atoms with E-state index in [-0.39, 0.29) is 0 Å². The van der Waals surface area contributed by atoms with Crippen LogP contribution in [-0.2, 0) is 4.74 Å². The predicted octanol–water partition coefficient (Wildman–Crippen LogP) is 2.74. The van der Waals surface area contributed by atoms with Gasteiger partial charge in [0.15, 0.2) is 0 Å². The highest BCUT2D eigenvalue weighted by molar-refractivity contribution is 14.1. The molecular weight excluding hydrogens is 301 g/mol. The van der Waals surface area contributed by atoms with Crippen LogP contribution in [0.5, 0.6) is 0 Å². The molecule has 0 radical (unpaired) electrons. The van der Waals surface area contributed by atoms with Crippen LogP contribution in [0.1, 0.15) is 11.1 Å². The van der Waals surface area contributed by atoms with Gasteiger partial charge in [0.05, 0.1) is 13.2 Å². The van der Waals surface area contributed by atoms with Crippen LogP contribution in [0, 0.1) is 17.4 Å². The molecule has 0 atom stereocenters. The normalized spacial score (nSPS) is 16.9. The lowest BCUT2D eigenvalue weighted by molar-refractivity contribution is 0.122. The fraction of sp³-hybridized carbons (Fsp3) is 0.500. The molecule has 1 aromatic rings. The number of ether oxygens (including phenoxy) is 1. The van der Waals surface area contributed by atoms with E-state index >= 15 is 0 Å². The first kappa shape index (κ1) is 11.2. The van der Waals surface area contributed by atoms with Crippen LogP contribution in [0.25, 0.3) is 0 Å². The summed E-state index contributed by atoms with van der Waals surface area (Å²) in [4.78, 5) is 2.43. The fourth-order valence-corrected chi connectivity index (χ4v) is 3.12. The van der Waals surface area contributed by atoms with Crippen LogP contribution in [-0.4, -0.2) is 26.3 Å². The monoisotopic (exact) mass is 317 g/mol. The van der Waals surface area contributed by atoms with Gasteiger partial charge in [-0.2, -0.15) is 0 Å². The Morgan fingerprint density at radius 1 is 1.13 bits per heavy atom. The molecule has 0 spiro atoms. The highest BCUT2D eigenvalue weighted by atomic mass is 127. The summed E-state index contributed by atoms with van der Waals surface area (Å²) in [6, 6.07) is 4.50. The van der Waals surface area contributed by atoms with Crippen LogP contribution in [0.2, 0.25) is 0 Å². The number of hydrogen-bond acceptors (Lipinski definition) is 2. The average molecular weight is 317 g/mol. The van der Waals surface area contributed by atoms with E-state index in [1.165, 1.54) is 20.4 Å². The molecule has 0 amide bonds. The molecule has 1 aliphatic heterocycles. The molecule has 0 saturated carbocycles. The molecular formula is C12H16INO. The molecule has 1 saturated heterocycles. The minimum absolute atomic E-state index is 0.852. The second-order valence-corrected chi connectivity index (χ2v) is 5.23. The van der Waals surface area contributed by atoms with E-state index in [0.29, 0.717) is 0 Å². The summed E-state index contributed by atoms with van der Waals surface area (Å²) in [5.74, 6) is 0. The van der Waals surface area contributed by atoms with Gasteiger partial charge in [0, 0.05) is 22.3 Å². The SMILES string of the molecule is Cc1cc(I)cc(C)c1N1CCOCC1. The molecule has 82 valence electrons. The van der Waals surface area contributed by atoms with Crippen LogP contribution in [0.4, 0.5) is 5.69 Å². The van der Waals surface area contributed by atoms with Gasteiger partial charge >= 0.3 is 0 Å². The molecule has 1 heterocycles. The molecule has 0 aromatic heterocycles. The molecule has 0 aliphatic carbocycles. The van der Waals surface area contributed by atoms with E-state index in [0.717, 1.165) is 26.3 Å². The van der Waals surface area contributed by atoms with Crippen LogP contribution < -0.4 is 4.90 Å². The van der Waals surface area contributed by atoms with Crippen molar-refractivity contribution >= 4 is 28.3 Å². The van der Waals surface area contributed by atoms with Gasteiger partial charge in [0.25, 0.3) is 0 Å². The molecule has 3 heteroatoms. The van der Waals surface area contributed by atoms with Crippen LogP contribution in [0.3, 0.4) is 0 Å². The highest BCUT2D eigenvalue weighted by Crippen LogP contribution is 2.27. The molecule has 1 fully saturated rings. The number of rotatable bonds is 1. The van der Waals surface area contributed by atoms with E-state index < -0.39 is 0 Å². The Hall–Kier alpha value is -0.290. The maximum Gasteiger partial charge on any atom is 0.0642 e. The number of anilines is 1. The Morgan fingerprint density at radius 2 is 1.67 bits per heavy atom. The van der Waals surface area contributed by atoms with Crippen molar-refractivity contribution in [3.63, 3.8) is 0 Å². The summed E-state index contributed by atoms with van der Waals surface area (Å²) >= 11 is 2.38. The smallest absolute Gasteiger partial charge is 0.0642 e. The Bertz CT molecular complexity index is 336. The molecule has 1 aromatic carbocycles. The van der Waals surface area contributed by atoms with Gasteiger partial charge in [-0.1, -0.05) is 0 Å².